The molecule has 0 aromatic carbocycles. The summed E-state index contributed by atoms with van der Waals surface area (Å²) in [7, 11) is 0. The molecule has 1 rings (SSSR count). The third-order valence-electron chi connectivity index (χ3n) is 6.08. The van der Waals surface area contributed by atoms with Crippen molar-refractivity contribution in [2.45, 2.75) is 88.4 Å². The van der Waals surface area contributed by atoms with Gasteiger partial charge in [-0.3, -0.25) is 33.7 Å². The number of carbonyl (C=O) groups is 8. The van der Waals surface area contributed by atoms with Crippen LogP contribution in [0.2, 0.25) is 0 Å². The van der Waals surface area contributed by atoms with Gasteiger partial charge in [0.2, 0.25) is 23.6 Å². The van der Waals surface area contributed by atoms with E-state index in [1.165, 1.54) is 0 Å². The van der Waals surface area contributed by atoms with Crippen LogP contribution in [-0.2, 0) is 43.1 Å². The number of nitrogens with two attached hydrogens (primary N) is 3. The summed E-state index contributed by atoms with van der Waals surface area (Å²) < 4.78 is 4.66. The predicted molar refractivity (Wildman–Crippen MR) is 138 cm³/mol. The van der Waals surface area contributed by atoms with Crippen LogP contribution < -0.4 is 27.8 Å². The fourth-order valence-corrected chi connectivity index (χ4v) is 3.84. The average molecular weight is 587 g/mol. The minimum absolute atomic E-state index is 0.109. The molecule has 0 saturated carbocycles. The first-order chi connectivity index (χ1) is 19.3. The number of hydrogen-bond acceptors (Lipinski definition) is 12. The maximum Gasteiger partial charge on any atom is 0.336 e. The van der Waals surface area contributed by atoms with Crippen LogP contribution in [0.3, 0.4) is 0 Å². The van der Waals surface area contributed by atoms with Gasteiger partial charge in [-0.2, -0.15) is 0 Å². The third-order valence-corrected chi connectivity index (χ3v) is 6.08. The van der Waals surface area contributed by atoms with Crippen molar-refractivity contribution in [2.75, 3.05) is 13.1 Å². The van der Waals surface area contributed by atoms with Gasteiger partial charge in [0.15, 0.2) is 0 Å². The fourth-order valence-electron chi connectivity index (χ4n) is 3.84. The Hall–Kier alpha value is -3.96. The lowest BCUT2D eigenvalue weighted by Gasteiger charge is -2.26. The molecule has 230 valence electrons. The minimum Gasteiger partial charge on any atom is -0.481 e. The van der Waals surface area contributed by atoms with E-state index in [0.29, 0.717) is 24.3 Å². The van der Waals surface area contributed by atoms with E-state index < -0.39 is 85.2 Å². The van der Waals surface area contributed by atoms with Crippen LogP contribution in [0.1, 0.15) is 64.2 Å². The van der Waals surface area contributed by atoms with E-state index in [1.807, 2.05) is 0 Å². The Balaban J connectivity index is 2.75. The Morgan fingerprint density at radius 2 is 1.63 bits per heavy atom. The summed E-state index contributed by atoms with van der Waals surface area (Å²) in [5, 5.41) is 22.9. The van der Waals surface area contributed by atoms with Crippen LogP contribution in [0.15, 0.2) is 0 Å². The molecule has 0 spiro atoms. The largest absolute Gasteiger partial charge is 0.481 e. The summed E-state index contributed by atoms with van der Waals surface area (Å²) in [6.45, 7) is -0.0366. The van der Waals surface area contributed by atoms with E-state index in [2.05, 4.69) is 15.4 Å². The molecule has 4 atom stereocenters. The number of esters is 2. The number of carbonyl (C=O) groups excluding carboxylic acids is 6. The van der Waals surface area contributed by atoms with Gasteiger partial charge in [-0.25, -0.2) is 9.59 Å². The summed E-state index contributed by atoms with van der Waals surface area (Å²) in [5.41, 5.74) is 16.9. The van der Waals surface area contributed by atoms with Crippen LogP contribution in [0, 0.1) is 0 Å². The van der Waals surface area contributed by atoms with Gasteiger partial charge in [-0.1, -0.05) is 0 Å². The normalized spacial score (nSPS) is 16.6. The number of rotatable bonds is 18. The van der Waals surface area contributed by atoms with Crippen molar-refractivity contribution in [1.29, 1.82) is 0 Å². The molecule has 4 unspecified atom stereocenters. The Kier molecular flexibility index (Phi) is 15.1. The van der Waals surface area contributed by atoms with E-state index >= 15 is 0 Å². The van der Waals surface area contributed by atoms with Crippen molar-refractivity contribution in [1.82, 2.24) is 15.5 Å². The van der Waals surface area contributed by atoms with Crippen molar-refractivity contribution < 1.29 is 53.3 Å². The first kappa shape index (κ1) is 35.1. The molecule has 0 bridgehead atoms. The Bertz CT molecular complexity index is 1000. The lowest BCUT2D eigenvalue weighted by molar-refractivity contribution is -0.161. The number of ether oxygens (including phenoxy) is 1. The number of amides is 4. The zero-order chi connectivity index (χ0) is 31.1. The van der Waals surface area contributed by atoms with Gasteiger partial charge in [0.25, 0.3) is 0 Å². The van der Waals surface area contributed by atoms with Crippen LogP contribution in [0.25, 0.3) is 0 Å². The molecule has 1 fully saturated rings. The molecule has 17 nitrogen and oxygen atoms in total. The lowest BCUT2D eigenvalue weighted by Crippen LogP contribution is -2.53. The van der Waals surface area contributed by atoms with Gasteiger partial charge in [-0.15, -0.1) is 0 Å². The molecule has 41 heavy (non-hydrogen) atoms. The molecular formula is C24H38N6O11. The monoisotopic (exact) mass is 586 g/mol. The maximum atomic E-state index is 13.0. The molecular weight excluding hydrogens is 548 g/mol. The number of carboxylic acids is 2. The van der Waals surface area contributed by atoms with Gasteiger partial charge < -0.3 is 42.8 Å². The molecule has 4 amide bonds. The summed E-state index contributed by atoms with van der Waals surface area (Å²) in [6.07, 6.45) is -0.586. The number of hydrogen-bond donors (Lipinski definition) is 7. The van der Waals surface area contributed by atoms with Gasteiger partial charge in [0.1, 0.15) is 12.1 Å². The SMILES string of the molecule is NCCCCC(NC(=O)CCCN(C(=O)C(N)CCC(=O)OC(=O)C1CCC(=O)N1)C(=O)C(N)CC(=O)O)C(=O)O. The molecule has 1 aliphatic heterocycles. The van der Waals surface area contributed by atoms with E-state index in [9.17, 15) is 43.5 Å². The van der Waals surface area contributed by atoms with Gasteiger partial charge in [0.05, 0.1) is 18.5 Å². The van der Waals surface area contributed by atoms with Crippen molar-refractivity contribution in [3.05, 3.63) is 0 Å². The topological polar surface area (TPSA) is 292 Å². The molecule has 0 aromatic heterocycles. The van der Waals surface area contributed by atoms with E-state index in [-0.39, 0.29) is 44.4 Å². The van der Waals surface area contributed by atoms with Crippen LogP contribution in [0.5, 0.6) is 0 Å². The summed E-state index contributed by atoms with van der Waals surface area (Å²) >= 11 is 0. The number of aliphatic carboxylic acids is 2. The number of unbranched alkanes of at least 4 members (excludes halogenated alkanes) is 1. The fraction of sp³-hybridized carbons (Fsp3) is 0.667. The van der Waals surface area contributed by atoms with Crippen LogP contribution in [0.4, 0.5) is 0 Å². The summed E-state index contributed by atoms with van der Waals surface area (Å²) in [6, 6.07) is -5.18. The Morgan fingerprint density at radius 3 is 2.20 bits per heavy atom. The van der Waals surface area contributed by atoms with Crippen molar-refractivity contribution >= 4 is 47.5 Å². The zero-order valence-electron chi connectivity index (χ0n) is 22.5. The predicted octanol–water partition coefficient (Wildman–Crippen LogP) is -2.92. The van der Waals surface area contributed by atoms with Crippen molar-refractivity contribution in [2.24, 2.45) is 17.2 Å². The highest BCUT2D eigenvalue weighted by atomic mass is 16.6. The quantitative estimate of drug-likeness (QED) is 0.0481. The van der Waals surface area contributed by atoms with Crippen molar-refractivity contribution in [3.63, 3.8) is 0 Å². The molecule has 1 aliphatic rings. The van der Waals surface area contributed by atoms with E-state index in [0.717, 1.165) is 0 Å². The minimum atomic E-state index is -1.61. The van der Waals surface area contributed by atoms with Gasteiger partial charge in [0, 0.05) is 25.8 Å². The highest BCUT2D eigenvalue weighted by Gasteiger charge is 2.33. The molecule has 17 heteroatoms. The van der Waals surface area contributed by atoms with Gasteiger partial charge >= 0.3 is 23.9 Å². The first-order valence-corrected chi connectivity index (χ1v) is 13.1. The second-order valence-electron chi connectivity index (χ2n) is 9.48. The second-order valence-corrected chi connectivity index (χ2v) is 9.48. The van der Waals surface area contributed by atoms with Crippen LogP contribution in [-0.4, -0.2) is 99.9 Å². The standard InChI is InChI=1S/C24H38N6O11/c25-10-2-1-4-15(23(38)39)28-17(31)5-3-11-30(22(37)14(27)12-19(33)34)21(36)13(26)6-9-20(35)41-24(40)16-7-8-18(32)29-16/h13-16H,1-12,25-27H2,(H,28,31)(H,29,32)(H,33,34)(H,38,39). The molecule has 10 N–H and O–H groups in total. The molecule has 1 saturated heterocycles. The molecule has 1 heterocycles. The Labute approximate surface area is 235 Å². The van der Waals surface area contributed by atoms with E-state index in [1.54, 1.807) is 0 Å². The number of carboxylic acid groups (broad SMARTS) is 2. The molecule has 0 radical (unpaired) electrons. The van der Waals surface area contributed by atoms with Crippen LogP contribution >= 0.6 is 0 Å². The third kappa shape index (κ3) is 12.8. The number of nitrogens with zero attached hydrogens (tertiary/aromatic N) is 1. The van der Waals surface area contributed by atoms with Gasteiger partial charge in [-0.05, 0) is 45.1 Å². The maximum absolute atomic E-state index is 13.0. The lowest BCUT2D eigenvalue weighted by atomic mass is 10.1. The zero-order valence-corrected chi connectivity index (χ0v) is 22.5. The van der Waals surface area contributed by atoms with Crippen molar-refractivity contribution in [3.8, 4) is 0 Å². The molecule has 0 aliphatic carbocycles. The smallest absolute Gasteiger partial charge is 0.336 e. The highest BCUT2D eigenvalue weighted by molar-refractivity contribution is 6.01. The summed E-state index contributed by atoms with van der Waals surface area (Å²) in [4.78, 5) is 96.2. The van der Waals surface area contributed by atoms with E-state index in [4.69, 9.17) is 22.3 Å². The molecule has 0 aromatic rings. The number of nitrogens with one attached hydrogen (secondary N) is 2. The first-order valence-electron chi connectivity index (χ1n) is 13.1. The second kappa shape index (κ2) is 17.7. The highest BCUT2D eigenvalue weighted by Crippen LogP contribution is 2.11. The average Bonchev–Trinajstić information content (AvgIpc) is 3.34. The number of imide groups is 1. The Morgan fingerprint density at radius 1 is 0.976 bits per heavy atom. The summed E-state index contributed by atoms with van der Waals surface area (Å²) in [5.74, 6) is -7.72.